The molecule has 0 amide bonds. The van der Waals surface area contributed by atoms with Crippen LogP contribution in [0.15, 0.2) is 133 Å². The number of rotatable bonds is 4. The molecule has 0 radical (unpaired) electrons. The molecule has 0 saturated carbocycles. The van der Waals surface area contributed by atoms with Gasteiger partial charge in [-0.3, -0.25) is 0 Å². The maximum absolute atomic E-state index is 5.58. The second kappa shape index (κ2) is 8.58. The van der Waals surface area contributed by atoms with Crippen molar-refractivity contribution < 1.29 is 4.74 Å². The van der Waals surface area contributed by atoms with Crippen molar-refractivity contribution in [3.05, 3.63) is 133 Å². The summed E-state index contributed by atoms with van der Waals surface area (Å²) in [6.07, 6.45) is 5.27. The average Bonchev–Trinajstić information content (AvgIpc) is 3.05. The van der Waals surface area contributed by atoms with Gasteiger partial charge in [0.05, 0.1) is 7.11 Å². The predicted octanol–water partition coefficient (Wildman–Crippen LogP) is 9.22. The maximum Gasteiger partial charge on any atom is 0.118 e. The Bertz CT molecular complexity index is 2340. The van der Waals surface area contributed by atoms with Crippen molar-refractivity contribution in [2.45, 2.75) is 0 Å². The molecule has 0 bridgehead atoms. The molecule has 2 heteroatoms. The monoisotopic (exact) mass is 554 g/mol. The summed E-state index contributed by atoms with van der Waals surface area (Å²) in [5.41, 5.74) is 0. The van der Waals surface area contributed by atoms with E-state index < -0.39 is 6.89 Å². The van der Waals surface area contributed by atoms with E-state index in [2.05, 4.69) is 133 Å². The number of benzene rings is 9. The van der Waals surface area contributed by atoms with Crippen LogP contribution in [-0.4, -0.2) is 13.4 Å². The highest BCUT2D eigenvalue weighted by molar-refractivity contribution is 7.94. The Hall–Kier alpha value is -4.84. The molecule has 0 aliphatic carbocycles. The minimum absolute atomic E-state index is 0.857. The van der Waals surface area contributed by atoms with Crippen molar-refractivity contribution in [3.63, 3.8) is 0 Å². The van der Waals surface area contributed by atoms with Gasteiger partial charge in [0, 0.05) is 0 Å². The molecule has 0 aromatic heterocycles. The van der Waals surface area contributed by atoms with Crippen LogP contribution in [0.2, 0.25) is 0 Å². The lowest BCUT2D eigenvalue weighted by molar-refractivity contribution is 0.415. The molecule has 0 spiro atoms. The van der Waals surface area contributed by atoms with Crippen molar-refractivity contribution >= 4 is 93.7 Å². The first-order valence-corrected chi connectivity index (χ1v) is 16.3. The van der Waals surface area contributed by atoms with Crippen LogP contribution in [0, 0.1) is 0 Å². The van der Waals surface area contributed by atoms with Gasteiger partial charge in [-0.2, -0.15) is 0 Å². The summed E-state index contributed by atoms with van der Waals surface area (Å²) < 4.78 is 5.58. The zero-order chi connectivity index (χ0) is 28.0. The van der Waals surface area contributed by atoms with Gasteiger partial charge in [0.1, 0.15) is 5.75 Å². The fourth-order valence-electron chi connectivity index (χ4n) is 7.35. The maximum atomic E-state index is 5.58. The van der Waals surface area contributed by atoms with E-state index >= 15 is 0 Å². The van der Waals surface area contributed by atoms with Gasteiger partial charge in [-0.25, -0.2) is 0 Å². The summed E-state index contributed by atoms with van der Waals surface area (Å²) in [4.78, 5) is 0. The summed E-state index contributed by atoms with van der Waals surface area (Å²) >= 11 is 0. The van der Waals surface area contributed by atoms with Gasteiger partial charge >= 0.3 is 0 Å². The zero-order valence-electron chi connectivity index (χ0n) is 23.3. The van der Waals surface area contributed by atoms with E-state index in [1.807, 2.05) is 0 Å². The molecule has 0 N–H and O–H groups in total. The molecule has 9 rings (SSSR count). The van der Waals surface area contributed by atoms with Gasteiger partial charge < -0.3 is 4.74 Å². The van der Waals surface area contributed by atoms with Gasteiger partial charge in [0.15, 0.2) is 0 Å². The Morgan fingerprint density at radius 2 is 0.810 bits per heavy atom. The van der Waals surface area contributed by atoms with Crippen LogP contribution in [0.25, 0.3) is 64.6 Å². The summed E-state index contributed by atoms with van der Waals surface area (Å²) in [5, 5.41) is 19.5. The largest absolute Gasteiger partial charge is 0.497 e. The molecule has 9 aromatic rings. The Balaban J connectivity index is 1.45. The third-order valence-electron chi connectivity index (χ3n) is 9.35. The van der Waals surface area contributed by atoms with Crippen LogP contribution in [0.3, 0.4) is 0 Å². The number of hydrogen-bond acceptors (Lipinski definition) is 1. The van der Waals surface area contributed by atoms with Crippen LogP contribution in [0.1, 0.15) is 0 Å². The fraction of sp³-hybridized carbons (Fsp3) is 0.0250. The van der Waals surface area contributed by atoms with Crippen molar-refractivity contribution in [3.8, 4) is 5.75 Å². The van der Waals surface area contributed by atoms with Crippen LogP contribution in [-0.2, 0) is 0 Å². The molecule has 0 saturated heterocycles. The van der Waals surface area contributed by atoms with E-state index in [1.54, 1.807) is 7.11 Å². The molecule has 0 fully saturated rings. The van der Waals surface area contributed by atoms with Crippen molar-refractivity contribution in [2.24, 2.45) is 0 Å². The van der Waals surface area contributed by atoms with Crippen LogP contribution in [0.4, 0.5) is 0 Å². The van der Waals surface area contributed by atoms with Gasteiger partial charge in [-0.05, 0) is 99.6 Å². The fourth-order valence-corrected chi connectivity index (χ4v) is 10.7. The first-order chi connectivity index (χ1) is 20.6. The van der Waals surface area contributed by atoms with Crippen molar-refractivity contribution in [1.82, 2.24) is 0 Å². The number of hydrogen-bond donors (Lipinski definition) is 0. The summed E-state index contributed by atoms with van der Waals surface area (Å²) in [5.74, 6) is 0.857. The SMILES string of the molecule is C=P(c1ccc(OC)cc1)(c1ccc2ccc3cccc4ccc1c2c34)c1ccc2ccc3cccc4ccc1c2c34. The summed E-state index contributed by atoms with van der Waals surface area (Å²) in [6, 6.07) is 49.4. The smallest absolute Gasteiger partial charge is 0.118 e. The lowest BCUT2D eigenvalue weighted by Gasteiger charge is -2.30. The van der Waals surface area contributed by atoms with Crippen molar-refractivity contribution in [2.75, 3.05) is 7.11 Å². The lowest BCUT2D eigenvalue weighted by Crippen LogP contribution is -2.26. The van der Waals surface area contributed by atoms with E-state index in [0.29, 0.717) is 0 Å². The normalized spacial score (nSPS) is 12.5. The number of methoxy groups -OCH3 is 1. The number of ether oxygens (including phenoxy) is 1. The minimum Gasteiger partial charge on any atom is -0.497 e. The average molecular weight is 555 g/mol. The highest BCUT2D eigenvalue weighted by Crippen LogP contribution is 2.49. The van der Waals surface area contributed by atoms with Crippen LogP contribution >= 0.6 is 6.89 Å². The quantitative estimate of drug-likeness (QED) is 0.156. The molecule has 42 heavy (non-hydrogen) atoms. The Kier molecular flexibility index (Phi) is 4.87. The van der Waals surface area contributed by atoms with Crippen LogP contribution < -0.4 is 20.7 Å². The molecule has 198 valence electrons. The Labute approximate surface area is 244 Å². The molecule has 9 aromatic carbocycles. The van der Waals surface area contributed by atoms with Crippen LogP contribution in [0.5, 0.6) is 5.75 Å². The van der Waals surface area contributed by atoms with Gasteiger partial charge in [0.25, 0.3) is 0 Å². The Morgan fingerprint density at radius 1 is 0.429 bits per heavy atom. The summed E-state index contributed by atoms with van der Waals surface area (Å²) in [7, 11) is 1.73. The van der Waals surface area contributed by atoms with E-state index in [9.17, 15) is 0 Å². The van der Waals surface area contributed by atoms with E-state index in [-0.39, 0.29) is 0 Å². The highest BCUT2D eigenvalue weighted by atomic mass is 31.2. The molecular formula is C40H27OP. The molecule has 1 nitrogen and oxygen atoms in total. The van der Waals surface area contributed by atoms with E-state index in [0.717, 1.165) is 5.75 Å². The first kappa shape index (κ1) is 23.8. The molecule has 0 unspecified atom stereocenters. The molecule has 0 aliphatic rings. The molecular weight excluding hydrogens is 527 g/mol. The van der Waals surface area contributed by atoms with E-state index in [1.165, 1.54) is 80.5 Å². The molecule has 0 aliphatic heterocycles. The molecule has 0 heterocycles. The highest BCUT2D eigenvalue weighted by Gasteiger charge is 2.28. The third kappa shape index (κ3) is 3.09. The van der Waals surface area contributed by atoms with Gasteiger partial charge in [-0.15, -0.1) is 0 Å². The topological polar surface area (TPSA) is 9.23 Å². The van der Waals surface area contributed by atoms with Crippen molar-refractivity contribution in [1.29, 1.82) is 0 Å². The second-order valence-electron chi connectivity index (χ2n) is 11.4. The third-order valence-corrected chi connectivity index (χ3v) is 13.0. The summed E-state index contributed by atoms with van der Waals surface area (Å²) in [6.45, 7) is -2.38. The molecule has 0 atom stereocenters. The second-order valence-corrected chi connectivity index (χ2v) is 14.5. The zero-order valence-corrected chi connectivity index (χ0v) is 24.2. The van der Waals surface area contributed by atoms with E-state index in [4.69, 9.17) is 11.0 Å². The Morgan fingerprint density at radius 3 is 1.24 bits per heavy atom. The van der Waals surface area contributed by atoms with Gasteiger partial charge in [0.2, 0.25) is 0 Å². The minimum atomic E-state index is -2.38. The standard InChI is InChI=1S/C40H27OP/c1-41-31-17-19-32(20-18-31)42(2,35-23-15-29-11-9-25-5-3-7-27-13-21-33(35)39(29)37(25)27)36-24-16-30-12-10-26-6-4-8-28-14-22-34(36)40(30)38(26)28/h3-24H,2H2,1H3. The first-order valence-electron chi connectivity index (χ1n) is 14.4. The predicted molar refractivity (Wildman–Crippen MR) is 186 cm³/mol. The lowest BCUT2D eigenvalue weighted by atomic mass is 9.94. The van der Waals surface area contributed by atoms with Gasteiger partial charge in [-0.1, -0.05) is 128 Å².